The van der Waals surface area contributed by atoms with Crippen LogP contribution in [0.25, 0.3) is 0 Å². The summed E-state index contributed by atoms with van der Waals surface area (Å²) in [6, 6.07) is 9.78. The molecular weight excluding hydrogens is 244 g/mol. The van der Waals surface area contributed by atoms with Gasteiger partial charge in [-0.15, -0.1) is 0 Å². The minimum Gasteiger partial charge on any atom is -0.396 e. The third-order valence-corrected chi connectivity index (χ3v) is 2.76. The summed E-state index contributed by atoms with van der Waals surface area (Å²) in [6.45, 7) is 2.69. The Hall–Kier alpha value is -1.88. The molecule has 0 radical (unpaired) electrons. The lowest BCUT2D eigenvalue weighted by molar-refractivity contribution is -0.139. The predicted molar refractivity (Wildman–Crippen MR) is 72.6 cm³/mol. The van der Waals surface area contributed by atoms with Crippen LogP contribution in [0, 0.1) is 0 Å². The number of hydrogen-bond acceptors (Lipinski definition) is 3. The van der Waals surface area contributed by atoms with Crippen molar-refractivity contribution in [1.82, 2.24) is 10.6 Å². The zero-order valence-electron chi connectivity index (χ0n) is 11.1. The Labute approximate surface area is 113 Å². The molecule has 0 aliphatic rings. The van der Waals surface area contributed by atoms with Crippen molar-refractivity contribution in [3.63, 3.8) is 0 Å². The summed E-state index contributed by atoms with van der Waals surface area (Å²) in [7, 11) is 0. The first-order valence-electron chi connectivity index (χ1n) is 6.37. The van der Waals surface area contributed by atoms with E-state index in [1.807, 2.05) is 37.3 Å². The predicted octanol–water partition coefficient (Wildman–Crippen LogP) is 0.405. The summed E-state index contributed by atoms with van der Waals surface area (Å²) in [5.74, 6) is -1.15. The van der Waals surface area contributed by atoms with Crippen LogP contribution >= 0.6 is 0 Å². The topological polar surface area (TPSA) is 78.4 Å². The van der Waals surface area contributed by atoms with Gasteiger partial charge in [-0.2, -0.15) is 0 Å². The molecule has 0 bridgehead atoms. The van der Waals surface area contributed by atoms with Gasteiger partial charge < -0.3 is 15.7 Å². The van der Waals surface area contributed by atoms with Gasteiger partial charge in [0.15, 0.2) is 0 Å². The van der Waals surface area contributed by atoms with Crippen LogP contribution in [0.5, 0.6) is 0 Å². The van der Waals surface area contributed by atoms with Crippen molar-refractivity contribution in [2.75, 3.05) is 19.7 Å². The normalized spacial score (nSPS) is 11.7. The van der Waals surface area contributed by atoms with E-state index in [1.54, 1.807) is 0 Å². The Bertz CT molecular complexity index is 406. The lowest BCUT2D eigenvalue weighted by atomic mass is 10.0. The molecule has 1 rings (SSSR count). The number of rotatable bonds is 6. The first-order chi connectivity index (χ1) is 9.15. The van der Waals surface area contributed by atoms with Crippen molar-refractivity contribution < 1.29 is 14.7 Å². The standard InChI is InChI=1S/C14H20N2O3/c1-11(12-6-3-2-4-7-12)10-16-14(19)13(18)15-8-5-9-17/h2-4,6-7,11,17H,5,8-10H2,1H3,(H,15,18)(H,16,19)/t11-/m0/s1. The second-order valence-corrected chi connectivity index (χ2v) is 4.35. The maximum absolute atomic E-state index is 11.5. The van der Waals surface area contributed by atoms with Crippen molar-refractivity contribution in [1.29, 1.82) is 0 Å². The molecule has 104 valence electrons. The van der Waals surface area contributed by atoms with E-state index >= 15 is 0 Å². The van der Waals surface area contributed by atoms with Crippen LogP contribution in [-0.2, 0) is 9.59 Å². The second kappa shape index (κ2) is 8.26. The van der Waals surface area contributed by atoms with E-state index < -0.39 is 11.8 Å². The van der Waals surface area contributed by atoms with Crippen LogP contribution in [0.3, 0.4) is 0 Å². The summed E-state index contributed by atoms with van der Waals surface area (Å²) >= 11 is 0. The molecule has 0 aliphatic heterocycles. The quantitative estimate of drug-likeness (QED) is 0.514. The molecule has 1 aromatic rings. The lowest BCUT2D eigenvalue weighted by Gasteiger charge is -2.12. The van der Waals surface area contributed by atoms with Gasteiger partial charge in [0.05, 0.1) is 0 Å². The van der Waals surface area contributed by atoms with E-state index in [-0.39, 0.29) is 12.5 Å². The molecule has 0 aromatic heterocycles. The van der Waals surface area contributed by atoms with Gasteiger partial charge in [0.25, 0.3) is 0 Å². The van der Waals surface area contributed by atoms with Crippen molar-refractivity contribution in [2.24, 2.45) is 0 Å². The fraction of sp³-hybridized carbons (Fsp3) is 0.429. The van der Waals surface area contributed by atoms with Gasteiger partial charge in [-0.1, -0.05) is 37.3 Å². The van der Waals surface area contributed by atoms with E-state index in [0.29, 0.717) is 19.5 Å². The number of aliphatic hydroxyl groups excluding tert-OH is 1. The molecule has 5 nitrogen and oxygen atoms in total. The Balaban J connectivity index is 2.31. The van der Waals surface area contributed by atoms with Gasteiger partial charge in [0.1, 0.15) is 0 Å². The maximum Gasteiger partial charge on any atom is 0.309 e. The molecule has 0 saturated heterocycles. The molecule has 1 aromatic carbocycles. The van der Waals surface area contributed by atoms with Crippen molar-refractivity contribution >= 4 is 11.8 Å². The third kappa shape index (κ3) is 5.52. The lowest BCUT2D eigenvalue weighted by Crippen LogP contribution is -2.41. The van der Waals surface area contributed by atoms with Gasteiger partial charge in [-0.3, -0.25) is 9.59 Å². The Morgan fingerprint density at radius 3 is 2.42 bits per heavy atom. The van der Waals surface area contributed by atoms with Crippen LogP contribution in [0.4, 0.5) is 0 Å². The van der Waals surface area contributed by atoms with Gasteiger partial charge >= 0.3 is 11.8 Å². The summed E-state index contributed by atoms with van der Waals surface area (Å²) in [4.78, 5) is 22.8. The zero-order chi connectivity index (χ0) is 14.1. The van der Waals surface area contributed by atoms with Crippen LogP contribution < -0.4 is 10.6 Å². The summed E-state index contributed by atoms with van der Waals surface area (Å²) in [5.41, 5.74) is 1.11. The van der Waals surface area contributed by atoms with Gasteiger partial charge in [0.2, 0.25) is 0 Å². The van der Waals surface area contributed by atoms with Crippen LogP contribution in [0.1, 0.15) is 24.8 Å². The fourth-order valence-electron chi connectivity index (χ4n) is 1.59. The van der Waals surface area contributed by atoms with E-state index in [4.69, 9.17) is 5.11 Å². The van der Waals surface area contributed by atoms with Gasteiger partial charge in [0, 0.05) is 19.7 Å². The number of hydrogen-bond donors (Lipinski definition) is 3. The molecule has 0 aliphatic carbocycles. The molecule has 0 heterocycles. The smallest absolute Gasteiger partial charge is 0.309 e. The van der Waals surface area contributed by atoms with Crippen molar-refractivity contribution in [3.05, 3.63) is 35.9 Å². The second-order valence-electron chi connectivity index (χ2n) is 4.35. The molecular formula is C14H20N2O3. The maximum atomic E-state index is 11.5. The van der Waals surface area contributed by atoms with E-state index in [1.165, 1.54) is 0 Å². The van der Waals surface area contributed by atoms with Crippen molar-refractivity contribution in [2.45, 2.75) is 19.3 Å². The Morgan fingerprint density at radius 1 is 1.16 bits per heavy atom. The first kappa shape index (κ1) is 15.2. The molecule has 3 N–H and O–H groups in total. The number of amides is 2. The summed E-state index contributed by atoms with van der Waals surface area (Å²) in [6.07, 6.45) is 0.444. The average molecular weight is 264 g/mol. The van der Waals surface area contributed by atoms with Crippen LogP contribution in [0.2, 0.25) is 0 Å². The van der Waals surface area contributed by atoms with E-state index in [0.717, 1.165) is 5.56 Å². The largest absolute Gasteiger partial charge is 0.396 e. The number of carbonyl (C=O) groups is 2. The van der Waals surface area contributed by atoms with Crippen molar-refractivity contribution in [3.8, 4) is 0 Å². The molecule has 0 spiro atoms. The number of benzene rings is 1. The molecule has 5 heteroatoms. The highest BCUT2D eigenvalue weighted by Crippen LogP contribution is 2.12. The Kier molecular flexibility index (Phi) is 6.60. The molecule has 0 saturated carbocycles. The Morgan fingerprint density at radius 2 is 1.79 bits per heavy atom. The third-order valence-electron chi connectivity index (χ3n) is 2.76. The van der Waals surface area contributed by atoms with Crippen LogP contribution in [0.15, 0.2) is 30.3 Å². The zero-order valence-corrected chi connectivity index (χ0v) is 11.1. The molecule has 0 unspecified atom stereocenters. The highest BCUT2D eigenvalue weighted by molar-refractivity contribution is 6.35. The molecule has 19 heavy (non-hydrogen) atoms. The number of nitrogens with one attached hydrogen (secondary N) is 2. The minimum absolute atomic E-state index is 0.00700. The monoisotopic (exact) mass is 264 g/mol. The minimum atomic E-state index is -0.659. The molecule has 1 atom stereocenters. The fourth-order valence-corrected chi connectivity index (χ4v) is 1.59. The van der Waals surface area contributed by atoms with E-state index in [2.05, 4.69) is 10.6 Å². The number of carbonyl (C=O) groups excluding carboxylic acids is 2. The summed E-state index contributed by atoms with van der Waals surface area (Å²) < 4.78 is 0. The van der Waals surface area contributed by atoms with E-state index in [9.17, 15) is 9.59 Å². The molecule has 0 fully saturated rings. The van der Waals surface area contributed by atoms with Gasteiger partial charge in [-0.25, -0.2) is 0 Å². The summed E-state index contributed by atoms with van der Waals surface area (Å²) in [5, 5.41) is 13.6. The average Bonchev–Trinajstić information content (AvgIpc) is 2.45. The number of aliphatic hydroxyl groups is 1. The SMILES string of the molecule is C[C@@H](CNC(=O)C(=O)NCCCO)c1ccccc1. The highest BCUT2D eigenvalue weighted by Gasteiger charge is 2.14. The molecule has 2 amide bonds. The van der Waals surface area contributed by atoms with Gasteiger partial charge in [-0.05, 0) is 17.9 Å². The van der Waals surface area contributed by atoms with Crippen LogP contribution in [-0.4, -0.2) is 36.6 Å². The first-order valence-corrected chi connectivity index (χ1v) is 6.37. The highest BCUT2D eigenvalue weighted by atomic mass is 16.3.